The summed E-state index contributed by atoms with van der Waals surface area (Å²) in [6.07, 6.45) is -21.1. The maximum atomic E-state index is 12.9. The van der Waals surface area contributed by atoms with Crippen molar-refractivity contribution < 1.29 is 127 Å². The SMILES string of the molecule is CCOC(=O)/C=C(/N[C@@H](C)c1ccccc1)C(F)(F)F.CCOC(=O)CC(=O)C(F)(F)F.CCOC(=O)C[C@H](N)C(F)(F)F.CCOC(=O)C[C@H](N=C(C)c1ccccc1)C(F)(F)F.C[C@@H](N)c1ccccc1.Cl.[2H][B].[U]. The van der Waals surface area contributed by atoms with Crippen molar-refractivity contribution in [3.63, 3.8) is 0 Å². The molecule has 3 rings (SSSR count). The molecule has 2 radical (unpaired) electrons. The number of ketones is 1. The van der Waals surface area contributed by atoms with E-state index in [9.17, 15) is 76.7 Å². The van der Waals surface area contributed by atoms with Gasteiger partial charge in [-0.2, -0.15) is 52.7 Å². The minimum Gasteiger partial charge on any atom is -0.466 e. The Morgan fingerprint density at radius 1 is 0.618 bits per heavy atom. The van der Waals surface area contributed by atoms with Gasteiger partial charge in [0.05, 0.1) is 45.3 Å². The van der Waals surface area contributed by atoms with Gasteiger partial charge in [0.15, 0.2) is 6.04 Å². The zero-order chi connectivity index (χ0) is 58.6. The quantitative estimate of drug-likeness (QED) is 0.0220. The van der Waals surface area contributed by atoms with E-state index >= 15 is 0 Å². The summed E-state index contributed by atoms with van der Waals surface area (Å²) < 4.78 is 170. The molecular weight excluding hydrogens is 1290 g/mol. The summed E-state index contributed by atoms with van der Waals surface area (Å²) in [6, 6.07) is 22.6. The van der Waals surface area contributed by atoms with Crippen molar-refractivity contribution in [1.82, 2.24) is 5.32 Å². The van der Waals surface area contributed by atoms with E-state index in [-0.39, 0.29) is 81.7 Å². The van der Waals surface area contributed by atoms with Crippen LogP contribution in [-0.2, 0) is 42.9 Å². The van der Waals surface area contributed by atoms with Gasteiger partial charge in [-0.25, -0.2) is 4.79 Å². The monoisotopic (exact) mass is 1350 g/mol. The number of hydrogen-bond acceptors (Lipinski definition) is 13. The Bertz CT molecular complexity index is 2150. The Labute approximate surface area is 466 Å². The normalized spacial score (nSPS) is 12.9. The second kappa shape index (κ2) is 41.1. The molecule has 0 saturated carbocycles. The Hall–Kier alpha value is -5.09. The third-order valence-electron chi connectivity index (χ3n) is 8.47. The molecule has 0 bridgehead atoms. The molecule has 0 saturated heterocycles. The first-order valence-corrected chi connectivity index (χ1v) is 21.9. The number of allylic oxidation sites excluding steroid dienone is 1. The van der Waals surface area contributed by atoms with Crippen molar-refractivity contribution in [3.8, 4) is 0 Å². The molecule has 0 heterocycles. The van der Waals surface area contributed by atoms with E-state index in [2.05, 4.69) is 43.4 Å². The van der Waals surface area contributed by atoms with Crippen molar-refractivity contribution >= 4 is 56.2 Å². The van der Waals surface area contributed by atoms with E-state index < -0.39 is 97.5 Å². The molecule has 13 nitrogen and oxygen atoms in total. The van der Waals surface area contributed by atoms with Crippen LogP contribution < -0.4 is 16.8 Å². The van der Waals surface area contributed by atoms with Gasteiger partial charge in [0.25, 0.3) is 0 Å². The Morgan fingerprint density at radius 2 is 1.01 bits per heavy atom. The Kier molecular flexibility index (Phi) is 41.8. The fourth-order valence-electron chi connectivity index (χ4n) is 4.88. The molecule has 4 atom stereocenters. The standard InChI is InChI=1S/2C14H16F3NO2.C8H11N.C6H10F3NO2.C6H7F3O3.BH.ClH.U/c2*1-3-20-13(19)9-12(14(15,16)17)18-10(2)11-7-5-4-6-8-11;1-7(9)8-5-3-2-4-6-8;2*1-2-12-5(11)3-4(10)6(7,8)9;;;/h4-8,12H,3,9H2,1-2H3;4-10,18H,3H2,1-2H3;2-7H,9H2,1H3;4H,2-3,10H2,1H3;2-3H2,1H3;2*1H;/b;12-9+;;;;;;/t12-;10-;7-;4-;;;;/m0010..../s1/i;;;;;1D;;. The molecular formula is C48H62BClF12N4O9U. The number of Topliss-reactive ketones (excluding diaryl/α,β-unsaturated/α-hetero) is 1. The molecule has 5 N–H and O–H groups in total. The Morgan fingerprint density at radius 3 is 1.37 bits per heavy atom. The number of alkyl halides is 12. The number of nitrogens with zero attached hydrogens (tertiary/aromatic N) is 1. The number of nitrogens with one attached hydrogen (secondary N) is 1. The summed E-state index contributed by atoms with van der Waals surface area (Å²) in [5, 5.41) is 2.30. The van der Waals surface area contributed by atoms with Crippen molar-refractivity contribution in [2.24, 2.45) is 16.5 Å². The average molecular weight is 1350 g/mol. The number of ether oxygens (including phenoxy) is 4. The summed E-state index contributed by atoms with van der Waals surface area (Å²) in [5.74, 6) is -6.09. The van der Waals surface area contributed by atoms with Gasteiger partial charge in [0.1, 0.15) is 18.2 Å². The summed E-state index contributed by atoms with van der Waals surface area (Å²) >= 11 is 0. The zero-order valence-corrected chi connectivity index (χ0v) is 47.3. The van der Waals surface area contributed by atoms with Gasteiger partial charge in [0, 0.05) is 57.3 Å². The van der Waals surface area contributed by atoms with Crippen LogP contribution in [-0.4, -0.2) is 108 Å². The van der Waals surface area contributed by atoms with Gasteiger partial charge in [-0.3, -0.25) is 24.2 Å². The van der Waals surface area contributed by atoms with Crippen LogP contribution >= 0.6 is 12.4 Å². The molecule has 0 unspecified atom stereocenters. The van der Waals surface area contributed by atoms with Gasteiger partial charge in [-0.15, -0.1) is 12.4 Å². The van der Waals surface area contributed by atoms with Crippen LogP contribution in [0.1, 0.15) is 96.5 Å². The van der Waals surface area contributed by atoms with Crippen LogP contribution in [0.2, 0.25) is 0 Å². The number of aliphatic imine (C=N–C) groups is 1. The van der Waals surface area contributed by atoms with Crippen molar-refractivity contribution in [3.05, 3.63) is 119 Å². The van der Waals surface area contributed by atoms with E-state index in [4.69, 9.17) is 7.07 Å². The number of halogens is 13. The number of esters is 4. The Balaban J connectivity index is -0.000000285. The molecule has 0 aromatic heterocycles. The van der Waals surface area contributed by atoms with Crippen LogP contribution in [0.4, 0.5) is 52.7 Å². The molecule has 0 spiro atoms. The number of rotatable bonds is 17. The van der Waals surface area contributed by atoms with E-state index in [0.717, 1.165) is 0 Å². The predicted molar refractivity (Wildman–Crippen MR) is 260 cm³/mol. The maximum absolute atomic E-state index is 12.9. The topological polar surface area (TPSA) is 199 Å². The number of carbonyl (C=O) groups excluding carboxylic acids is 5. The van der Waals surface area contributed by atoms with Crippen LogP contribution in [0.15, 0.2) is 108 Å². The van der Waals surface area contributed by atoms with Gasteiger partial charge < -0.3 is 35.7 Å². The number of carbonyl (C=O) groups is 5. The largest absolute Gasteiger partial charge is 0.466 e. The summed E-state index contributed by atoms with van der Waals surface area (Å²) in [5.41, 5.74) is 11.9. The summed E-state index contributed by atoms with van der Waals surface area (Å²) in [7, 11) is 3.75. The van der Waals surface area contributed by atoms with Crippen molar-refractivity contribution in [1.29, 1.82) is 1.34 Å². The molecule has 426 valence electrons. The van der Waals surface area contributed by atoms with E-state index in [0.29, 0.717) is 17.2 Å². The minimum absolute atomic E-state index is 0. The number of nitrogens with two attached hydrogens (primary N) is 2. The maximum Gasteiger partial charge on any atom is 0.450 e. The van der Waals surface area contributed by atoms with E-state index in [1.54, 1.807) is 74.5 Å². The molecule has 3 aromatic rings. The zero-order valence-electron chi connectivity index (χ0n) is 43.3. The number of benzene rings is 3. The number of hydrogen-bond donors (Lipinski definition) is 3. The van der Waals surface area contributed by atoms with Crippen LogP contribution in [0.3, 0.4) is 0 Å². The molecule has 0 aliphatic carbocycles. The molecule has 0 aliphatic rings. The van der Waals surface area contributed by atoms with Crippen molar-refractivity contribution in [2.45, 2.75) is 117 Å². The molecule has 28 heteroatoms. The van der Waals surface area contributed by atoms with E-state index in [1.807, 2.05) is 37.3 Å². The third-order valence-corrected chi connectivity index (χ3v) is 8.47. The molecule has 3 aromatic carbocycles. The smallest absolute Gasteiger partial charge is 0.450 e. The van der Waals surface area contributed by atoms with Gasteiger partial charge in [-0.1, -0.05) is 91.0 Å². The van der Waals surface area contributed by atoms with Crippen LogP contribution in [0.5, 0.6) is 0 Å². The fraction of sp³-hybridized carbons (Fsp3) is 0.458. The second-order valence-electron chi connectivity index (χ2n) is 14.5. The van der Waals surface area contributed by atoms with Gasteiger partial charge in [-0.05, 0) is 66.5 Å². The minimum atomic E-state index is -4.95. The second-order valence-corrected chi connectivity index (χ2v) is 14.5. The summed E-state index contributed by atoms with van der Waals surface area (Å²) in [4.78, 5) is 57.0. The first-order chi connectivity index (χ1) is 34.7. The molecule has 0 amide bonds. The first kappa shape index (κ1) is 77.4. The van der Waals surface area contributed by atoms with Crippen LogP contribution in [0, 0.1) is 31.1 Å². The van der Waals surface area contributed by atoms with Crippen molar-refractivity contribution in [2.75, 3.05) is 26.4 Å². The molecule has 76 heavy (non-hydrogen) atoms. The van der Waals surface area contributed by atoms with E-state index in [1.165, 1.54) is 33.3 Å². The fourth-order valence-corrected chi connectivity index (χ4v) is 4.88. The molecule has 0 fully saturated rings. The van der Waals surface area contributed by atoms with Gasteiger partial charge >= 0.3 is 48.6 Å². The average Bonchev–Trinajstić information content (AvgIpc) is 3.32. The van der Waals surface area contributed by atoms with Gasteiger partial charge in [0.2, 0.25) is 5.78 Å². The summed E-state index contributed by atoms with van der Waals surface area (Å²) in [6.45, 7) is 11.2. The first-order valence-electron chi connectivity index (χ1n) is 22.5. The van der Waals surface area contributed by atoms with Crippen LogP contribution in [0.25, 0.3) is 0 Å². The predicted octanol–water partition coefficient (Wildman–Crippen LogP) is 10.1. The third kappa shape index (κ3) is 38.5. The molecule has 0 aliphatic heterocycles.